The summed E-state index contributed by atoms with van der Waals surface area (Å²) in [7, 11) is 0. The van der Waals surface area contributed by atoms with Gasteiger partial charge in [0.15, 0.2) is 5.82 Å². The minimum atomic E-state index is 0.761. The van der Waals surface area contributed by atoms with Gasteiger partial charge in [-0.15, -0.1) is 12.6 Å². The molecule has 0 atom stereocenters. The van der Waals surface area contributed by atoms with E-state index in [1.54, 1.807) is 0 Å². The highest BCUT2D eigenvalue weighted by Crippen LogP contribution is 2.25. The van der Waals surface area contributed by atoms with Crippen LogP contribution in [0.2, 0.25) is 0 Å². The maximum Gasteiger partial charge on any atom is 0.160 e. The molecule has 0 aliphatic heterocycles. The Morgan fingerprint density at radius 1 is 0.950 bits per heavy atom. The van der Waals surface area contributed by atoms with Crippen molar-refractivity contribution >= 4 is 12.6 Å². The lowest BCUT2D eigenvalue weighted by Gasteiger charge is -2.07. The molecule has 0 fully saturated rings. The van der Waals surface area contributed by atoms with Gasteiger partial charge < -0.3 is 0 Å². The quantitative estimate of drug-likeness (QED) is 0.777. The number of hydrogen-bond acceptors (Lipinski definition) is 3. The third-order valence-corrected chi connectivity index (χ3v) is 3.74. The van der Waals surface area contributed by atoms with Gasteiger partial charge in [-0.3, -0.25) is 0 Å². The molecule has 0 saturated carbocycles. The van der Waals surface area contributed by atoms with Crippen molar-refractivity contribution < 1.29 is 0 Å². The van der Waals surface area contributed by atoms with Gasteiger partial charge in [0.25, 0.3) is 0 Å². The molecule has 0 saturated heterocycles. The number of thiol groups is 1. The van der Waals surface area contributed by atoms with E-state index in [9.17, 15) is 0 Å². The molecule has 1 aromatic heterocycles. The predicted octanol–water partition coefficient (Wildman–Crippen LogP) is 4.73. The molecule has 0 unspecified atom stereocenters. The number of benzene rings is 1. The van der Waals surface area contributed by atoms with Crippen LogP contribution >= 0.6 is 12.6 Å². The number of hydrogen-bond donors (Lipinski definition) is 1. The molecule has 20 heavy (non-hydrogen) atoms. The lowest BCUT2D eigenvalue weighted by molar-refractivity contribution is 0.793. The van der Waals surface area contributed by atoms with Crippen molar-refractivity contribution in [1.82, 2.24) is 9.97 Å². The molecule has 0 bridgehead atoms. The predicted molar refractivity (Wildman–Crippen MR) is 87.3 cm³/mol. The first-order chi connectivity index (χ1) is 9.74. The third-order valence-electron chi connectivity index (χ3n) is 3.37. The molecule has 3 heteroatoms. The molecular formula is C17H22N2S. The Bertz CT molecular complexity index is 549. The zero-order valence-electron chi connectivity index (χ0n) is 12.3. The molecule has 2 aromatic rings. The SMILES string of the molecule is CCCCc1ccc(-c2ncc(CCC)cn2)c(S)c1. The summed E-state index contributed by atoms with van der Waals surface area (Å²) in [6.07, 6.45) is 9.53. The lowest BCUT2D eigenvalue weighted by atomic mass is 10.1. The van der Waals surface area contributed by atoms with Crippen molar-refractivity contribution in [3.05, 3.63) is 41.7 Å². The van der Waals surface area contributed by atoms with Crippen LogP contribution in [0.5, 0.6) is 0 Å². The number of unbranched alkanes of at least 4 members (excludes halogenated alkanes) is 1. The van der Waals surface area contributed by atoms with E-state index < -0.39 is 0 Å². The fourth-order valence-electron chi connectivity index (χ4n) is 2.21. The van der Waals surface area contributed by atoms with Gasteiger partial charge in [0.05, 0.1) is 0 Å². The number of aromatic nitrogens is 2. The van der Waals surface area contributed by atoms with Gasteiger partial charge in [0.1, 0.15) is 0 Å². The summed E-state index contributed by atoms with van der Waals surface area (Å²) in [5, 5.41) is 0. The fourth-order valence-corrected chi connectivity index (χ4v) is 2.55. The first-order valence-electron chi connectivity index (χ1n) is 7.37. The van der Waals surface area contributed by atoms with Crippen LogP contribution in [0.4, 0.5) is 0 Å². The largest absolute Gasteiger partial charge is 0.236 e. The van der Waals surface area contributed by atoms with E-state index in [0.29, 0.717) is 0 Å². The van der Waals surface area contributed by atoms with Gasteiger partial charge in [-0.1, -0.05) is 32.8 Å². The molecular weight excluding hydrogens is 264 g/mol. The average molecular weight is 286 g/mol. The molecule has 0 radical (unpaired) electrons. The molecule has 0 aliphatic carbocycles. The van der Waals surface area contributed by atoms with Crippen LogP contribution < -0.4 is 0 Å². The Balaban J connectivity index is 2.19. The van der Waals surface area contributed by atoms with Crippen molar-refractivity contribution in [2.45, 2.75) is 50.8 Å². The average Bonchev–Trinajstić information content (AvgIpc) is 2.47. The molecule has 2 nitrogen and oxygen atoms in total. The maximum absolute atomic E-state index is 4.59. The van der Waals surface area contributed by atoms with Crippen LogP contribution in [0, 0.1) is 0 Å². The topological polar surface area (TPSA) is 25.8 Å². The molecule has 1 aromatic carbocycles. The second kappa shape index (κ2) is 7.44. The van der Waals surface area contributed by atoms with Crippen molar-refractivity contribution in [2.75, 3.05) is 0 Å². The van der Waals surface area contributed by atoms with Crippen LogP contribution in [0.1, 0.15) is 44.2 Å². The number of aryl methyl sites for hydroxylation is 2. The monoisotopic (exact) mass is 286 g/mol. The molecule has 0 N–H and O–H groups in total. The molecule has 0 amide bonds. The molecule has 106 valence electrons. The Labute approximate surface area is 127 Å². The second-order valence-electron chi connectivity index (χ2n) is 5.12. The van der Waals surface area contributed by atoms with Gasteiger partial charge in [-0.25, -0.2) is 9.97 Å². The van der Waals surface area contributed by atoms with Crippen molar-refractivity contribution in [3.8, 4) is 11.4 Å². The summed E-state index contributed by atoms with van der Waals surface area (Å²) < 4.78 is 0. The Hall–Kier alpha value is -1.35. The van der Waals surface area contributed by atoms with Crippen LogP contribution in [0.25, 0.3) is 11.4 Å². The molecule has 1 heterocycles. The summed E-state index contributed by atoms with van der Waals surface area (Å²) in [5.74, 6) is 0.761. The first-order valence-corrected chi connectivity index (χ1v) is 7.82. The van der Waals surface area contributed by atoms with Crippen molar-refractivity contribution in [1.29, 1.82) is 0 Å². The third kappa shape index (κ3) is 3.83. The van der Waals surface area contributed by atoms with Crippen LogP contribution in [0.15, 0.2) is 35.5 Å². The molecule has 0 spiro atoms. The summed E-state index contributed by atoms with van der Waals surface area (Å²) in [5.41, 5.74) is 3.54. The Morgan fingerprint density at radius 2 is 1.70 bits per heavy atom. The van der Waals surface area contributed by atoms with Crippen LogP contribution in [0.3, 0.4) is 0 Å². The standard InChI is InChI=1S/C17H22N2S/c1-3-5-7-13-8-9-15(16(20)10-13)17-18-11-14(6-4-2)12-19-17/h8-12,20H,3-7H2,1-2H3. The Morgan fingerprint density at radius 3 is 2.30 bits per heavy atom. The van der Waals surface area contributed by atoms with E-state index >= 15 is 0 Å². The lowest BCUT2D eigenvalue weighted by Crippen LogP contribution is -1.94. The number of nitrogens with zero attached hydrogens (tertiary/aromatic N) is 2. The normalized spacial score (nSPS) is 10.8. The second-order valence-corrected chi connectivity index (χ2v) is 5.60. The summed E-state index contributed by atoms with van der Waals surface area (Å²) in [6.45, 7) is 4.37. The summed E-state index contributed by atoms with van der Waals surface area (Å²) in [6, 6.07) is 6.38. The summed E-state index contributed by atoms with van der Waals surface area (Å²) in [4.78, 5) is 9.88. The highest BCUT2D eigenvalue weighted by Gasteiger charge is 2.06. The zero-order valence-corrected chi connectivity index (χ0v) is 13.2. The van der Waals surface area contributed by atoms with E-state index in [4.69, 9.17) is 0 Å². The van der Waals surface area contributed by atoms with E-state index in [-0.39, 0.29) is 0 Å². The van der Waals surface area contributed by atoms with Gasteiger partial charge in [-0.2, -0.15) is 0 Å². The van der Waals surface area contributed by atoms with E-state index in [1.165, 1.54) is 24.0 Å². The maximum atomic E-state index is 4.59. The van der Waals surface area contributed by atoms with Crippen molar-refractivity contribution in [3.63, 3.8) is 0 Å². The molecule has 2 rings (SSSR count). The zero-order chi connectivity index (χ0) is 14.4. The van der Waals surface area contributed by atoms with Crippen LogP contribution in [-0.4, -0.2) is 9.97 Å². The highest BCUT2D eigenvalue weighted by molar-refractivity contribution is 7.80. The van der Waals surface area contributed by atoms with Gasteiger partial charge in [0.2, 0.25) is 0 Å². The fraction of sp³-hybridized carbons (Fsp3) is 0.412. The van der Waals surface area contributed by atoms with Gasteiger partial charge in [-0.05, 0) is 42.5 Å². The number of rotatable bonds is 6. The smallest absolute Gasteiger partial charge is 0.160 e. The van der Waals surface area contributed by atoms with Crippen molar-refractivity contribution in [2.24, 2.45) is 0 Å². The van der Waals surface area contributed by atoms with E-state index in [0.717, 1.165) is 35.5 Å². The van der Waals surface area contributed by atoms with Crippen LogP contribution in [-0.2, 0) is 12.8 Å². The minimum absolute atomic E-state index is 0.761. The minimum Gasteiger partial charge on any atom is -0.236 e. The van der Waals surface area contributed by atoms with E-state index in [1.807, 2.05) is 12.4 Å². The van der Waals surface area contributed by atoms with Gasteiger partial charge >= 0.3 is 0 Å². The Kier molecular flexibility index (Phi) is 5.60. The summed E-state index contributed by atoms with van der Waals surface area (Å²) >= 11 is 4.59. The van der Waals surface area contributed by atoms with Gasteiger partial charge in [0, 0.05) is 22.9 Å². The molecule has 0 aliphatic rings. The highest BCUT2D eigenvalue weighted by atomic mass is 32.1. The first kappa shape index (κ1) is 15.0. The van der Waals surface area contributed by atoms with E-state index in [2.05, 4.69) is 54.6 Å².